The summed E-state index contributed by atoms with van der Waals surface area (Å²) in [5.41, 5.74) is 4.63. The van der Waals surface area contributed by atoms with Crippen molar-refractivity contribution in [1.29, 1.82) is 5.26 Å². The van der Waals surface area contributed by atoms with E-state index in [-0.39, 0.29) is 0 Å². The molecule has 2 aromatic carbocycles. The van der Waals surface area contributed by atoms with Crippen molar-refractivity contribution in [3.8, 4) is 17.6 Å². The Morgan fingerprint density at radius 1 is 1.15 bits per heavy atom. The zero-order chi connectivity index (χ0) is 23.3. The van der Waals surface area contributed by atoms with E-state index >= 15 is 0 Å². The Bertz CT molecular complexity index is 1260. The van der Waals surface area contributed by atoms with E-state index in [0.29, 0.717) is 23.9 Å². The van der Waals surface area contributed by atoms with Gasteiger partial charge in [0.25, 0.3) is 0 Å². The zero-order valence-corrected chi connectivity index (χ0v) is 20.2. The van der Waals surface area contributed by atoms with Gasteiger partial charge in [0.05, 0.1) is 31.0 Å². The number of hydrazine groups is 2. The van der Waals surface area contributed by atoms with E-state index in [9.17, 15) is 5.26 Å². The molecule has 2 heterocycles. The van der Waals surface area contributed by atoms with E-state index in [2.05, 4.69) is 40.0 Å². The fraction of sp³-hybridized carbons (Fsp3) is 0.423. The van der Waals surface area contributed by atoms with Gasteiger partial charge in [-0.2, -0.15) is 10.3 Å². The molecule has 3 saturated carbocycles. The van der Waals surface area contributed by atoms with Crippen LogP contribution in [0.25, 0.3) is 10.1 Å². The first-order valence-electron chi connectivity index (χ1n) is 11.8. The minimum absolute atomic E-state index is 0.402. The molecule has 176 valence electrons. The highest BCUT2D eigenvalue weighted by molar-refractivity contribution is 7.23. The molecule has 3 aliphatic carbocycles. The first-order chi connectivity index (χ1) is 16.6. The molecule has 1 atom stereocenters. The standard InChI is InChI=1S/C26H28N4O3S/c1-31-22-11-8-20(23(13-22)32-2)16-29-26(14-17-6-9-21(26)10-7-17)33-28-30(29)24-12-18-4-3-5-19(15-27)25(18)34-24/h3-5,8,11-13,17,21,28H,6-7,9-10,14,16H2,1-2H3. The quantitative estimate of drug-likeness (QED) is 0.531. The maximum Gasteiger partial charge on any atom is 0.166 e. The Labute approximate surface area is 203 Å². The van der Waals surface area contributed by atoms with Crippen LogP contribution in [0, 0.1) is 23.2 Å². The van der Waals surface area contributed by atoms with Crippen LogP contribution in [0.2, 0.25) is 0 Å². The lowest BCUT2D eigenvalue weighted by Gasteiger charge is -2.51. The van der Waals surface area contributed by atoms with Crippen LogP contribution in [-0.4, -0.2) is 25.0 Å². The molecule has 1 N–H and O–H groups in total. The summed E-state index contributed by atoms with van der Waals surface area (Å²) in [5, 5.41) is 16.1. The second-order valence-corrected chi connectivity index (χ2v) is 10.5. The van der Waals surface area contributed by atoms with Crippen molar-refractivity contribution in [2.75, 3.05) is 19.3 Å². The largest absolute Gasteiger partial charge is 0.497 e. The molecule has 1 saturated heterocycles. The van der Waals surface area contributed by atoms with E-state index in [1.807, 2.05) is 24.3 Å². The van der Waals surface area contributed by atoms with Gasteiger partial charge in [-0.1, -0.05) is 23.8 Å². The molecule has 7 rings (SSSR count). The number of anilines is 1. The molecular weight excluding hydrogens is 448 g/mol. The smallest absolute Gasteiger partial charge is 0.166 e. The predicted molar refractivity (Wildman–Crippen MR) is 131 cm³/mol. The maximum absolute atomic E-state index is 9.60. The van der Waals surface area contributed by atoms with Gasteiger partial charge in [0.15, 0.2) is 5.72 Å². The third-order valence-corrected chi connectivity index (χ3v) is 8.89. The van der Waals surface area contributed by atoms with Gasteiger partial charge in [-0.3, -0.25) is 4.84 Å². The summed E-state index contributed by atoms with van der Waals surface area (Å²) >= 11 is 1.61. The number of rotatable bonds is 5. The molecule has 4 fully saturated rings. The highest BCUT2D eigenvalue weighted by Gasteiger charge is 2.58. The number of thiophene rings is 1. The third-order valence-electron chi connectivity index (χ3n) is 7.73. The third kappa shape index (κ3) is 3.35. The predicted octanol–water partition coefficient (Wildman–Crippen LogP) is 5.37. The van der Waals surface area contributed by atoms with Crippen LogP contribution in [0.15, 0.2) is 42.5 Å². The summed E-state index contributed by atoms with van der Waals surface area (Å²) in [7, 11) is 3.36. The lowest BCUT2D eigenvalue weighted by Crippen LogP contribution is -2.59. The molecule has 1 aromatic heterocycles. The molecule has 0 amide bonds. The van der Waals surface area contributed by atoms with Crippen molar-refractivity contribution in [2.24, 2.45) is 11.8 Å². The Morgan fingerprint density at radius 2 is 2.00 bits per heavy atom. The van der Waals surface area contributed by atoms with Crippen LogP contribution in [0.3, 0.4) is 0 Å². The lowest BCUT2D eigenvalue weighted by molar-refractivity contribution is -0.201. The summed E-state index contributed by atoms with van der Waals surface area (Å²) in [6.45, 7) is 0.628. The van der Waals surface area contributed by atoms with E-state index in [1.54, 1.807) is 25.6 Å². The molecule has 2 bridgehead atoms. The lowest BCUT2D eigenvalue weighted by atomic mass is 9.65. The summed E-state index contributed by atoms with van der Waals surface area (Å²) in [4.78, 5) is 6.52. The Hall–Kier alpha value is -2.83. The number of fused-ring (bicyclic) bond motifs is 3. The fourth-order valence-corrected chi connectivity index (χ4v) is 7.07. The fourth-order valence-electron chi connectivity index (χ4n) is 5.99. The van der Waals surface area contributed by atoms with E-state index < -0.39 is 5.72 Å². The molecule has 1 spiro atoms. The number of ether oxygens (including phenoxy) is 2. The van der Waals surface area contributed by atoms with Crippen molar-refractivity contribution < 1.29 is 14.3 Å². The maximum atomic E-state index is 9.60. The van der Waals surface area contributed by atoms with Crippen molar-refractivity contribution in [2.45, 2.75) is 44.4 Å². The molecule has 0 radical (unpaired) electrons. The van der Waals surface area contributed by atoms with Crippen molar-refractivity contribution in [3.05, 3.63) is 53.6 Å². The highest BCUT2D eigenvalue weighted by atomic mass is 32.1. The summed E-state index contributed by atoms with van der Waals surface area (Å²) in [6.07, 6.45) is 5.94. The molecule has 1 unspecified atom stereocenters. The molecular formula is C26H28N4O3S. The van der Waals surface area contributed by atoms with Crippen molar-refractivity contribution >= 4 is 26.4 Å². The van der Waals surface area contributed by atoms with Crippen LogP contribution in [-0.2, 0) is 11.4 Å². The number of nitrogens with one attached hydrogen (secondary N) is 1. The number of hydrogen-bond acceptors (Lipinski definition) is 8. The second-order valence-electron chi connectivity index (χ2n) is 9.43. The topological polar surface area (TPSA) is 70.0 Å². The Kier molecular flexibility index (Phi) is 5.38. The molecule has 7 nitrogen and oxygen atoms in total. The van der Waals surface area contributed by atoms with Gasteiger partial charge in [0, 0.05) is 17.5 Å². The van der Waals surface area contributed by atoms with Crippen LogP contribution in [0.5, 0.6) is 11.5 Å². The van der Waals surface area contributed by atoms with Gasteiger partial charge in [0.1, 0.15) is 22.6 Å². The van der Waals surface area contributed by atoms with Crippen LogP contribution in [0.4, 0.5) is 5.00 Å². The minimum atomic E-state index is -0.402. The van der Waals surface area contributed by atoms with Gasteiger partial charge < -0.3 is 9.47 Å². The normalized spacial score (nSPS) is 26.3. The average molecular weight is 477 g/mol. The van der Waals surface area contributed by atoms with E-state index in [1.165, 1.54) is 25.7 Å². The van der Waals surface area contributed by atoms with Crippen LogP contribution < -0.4 is 20.2 Å². The molecule has 34 heavy (non-hydrogen) atoms. The van der Waals surface area contributed by atoms with Gasteiger partial charge in [0.2, 0.25) is 0 Å². The summed E-state index contributed by atoms with van der Waals surface area (Å²) in [6, 6.07) is 16.3. The Balaban J connectivity index is 1.43. The molecule has 8 heteroatoms. The number of nitrogens with zero attached hydrogens (tertiary/aromatic N) is 3. The van der Waals surface area contributed by atoms with Crippen molar-refractivity contribution in [1.82, 2.24) is 10.6 Å². The monoisotopic (exact) mass is 476 g/mol. The first kappa shape index (κ1) is 21.7. The Morgan fingerprint density at radius 3 is 2.71 bits per heavy atom. The number of nitriles is 1. The number of methoxy groups -OCH3 is 2. The molecule has 3 aromatic rings. The zero-order valence-electron chi connectivity index (χ0n) is 19.4. The van der Waals surface area contributed by atoms with Gasteiger partial charge >= 0.3 is 0 Å². The molecule has 4 aliphatic rings. The van der Waals surface area contributed by atoms with Crippen molar-refractivity contribution in [3.63, 3.8) is 0 Å². The average Bonchev–Trinajstić information content (AvgIpc) is 3.46. The first-order valence-corrected chi connectivity index (χ1v) is 12.6. The summed E-state index contributed by atoms with van der Waals surface area (Å²) < 4.78 is 12.1. The second kappa shape index (κ2) is 8.43. The summed E-state index contributed by atoms with van der Waals surface area (Å²) in [5.74, 6) is 2.71. The number of hydrogen-bond donors (Lipinski definition) is 1. The van der Waals surface area contributed by atoms with Gasteiger partial charge in [-0.05, 0) is 61.6 Å². The SMILES string of the molecule is COc1ccc(CN2N(c3cc4cccc(C#N)c4s3)NOC23CC2CCC3CC2)c(OC)c1. The number of benzene rings is 2. The van der Waals surface area contributed by atoms with E-state index in [4.69, 9.17) is 14.3 Å². The van der Waals surface area contributed by atoms with Gasteiger partial charge in [-0.25, -0.2) is 5.12 Å². The van der Waals surface area contributed by atoms with Crippen LogP contribution >= 0.6 is 11.3 Å². The highest BCUT2D eigenvalue weighted by Crippen LogP contribution is 2.54. The molecule has 1 aliphatic heterocycles. The van der Waals surface area contributed by atoms with E-state index in [0.717, 1.165) is 38.6 Å². The van der Waals surface area contributed by atoms with Gasteiger partial charge in [-0.15, -0.1) is 11.3 Å². The minimum Gasteiger partial charge on any atom is -0.497 e. The van der Waals surface area contributed by atoms with Crippen LogP contribution in [0.1, 0.15) is 43.2 Å².